The van der Waals surface area contributed by atoms with E-state index >= 15 is 0 Å². The van der Waals surface area contributed by atoms with E-state index in [0.717, 1.165) is 33.5 Å². The fraction of sp³-hybridized carbons (Fsp3) is 0.158. The van der Waals surface area contributed by atoms with Gasteiger partial charge in [-0.05, 0) is 23.8 Å². The molecule has 0 aliphatic carbocycles. The van der Waals surface area contributed by atoms with Gasteiger partial charge in [0.1, 0.15) is 5.92 Å². The first kappa shape index (κ1) is 13.8. The van der Waals surface area contributed by atoms with Gasteiger partial charge in [0.25, 0.3) is 0 Å². The van der Waals surface area contributed by atoms with Gasteiger partial charge in [0.05, 0.1) is 11.2 Å². The predicted molar refractivity (Wildman–Crippen MR) is 93.0 cm³/mol. The summed E-state index contributed by atoms with van der Waals surface area (Å²) >= 11 is 0. The molecule has 1 amide bonds. The maximum Gasteiger partial charge on any atom is 0.238 e. The maximum absolute atomic E-state index is 12.5. The third-order valence-electron chi connectivity index (χ3n) is 4.28. The van der Waals surface area contributed by atoms with Gasteiger partial charge in [-0.2, -0.15) is 0 Å². The van der Waals surface area contributed by atoms with Crippen LogP contribution in [-0.4, -0.2) is 25.0 Å². The third kappa shape index (κ3) is 2.14. The van der Waals surface area contributed by atoms with Crippen LogP contribution in [0.1, 0.15) is 17.2 Å². The summed E-state index contributed by atoms with van der Waals surface area (Å²) in [7, 11) is 4.02. The zero-order valence-electron chi connectivity index (χ0n) is 13.1. The topological polar surface area (TPSA) is 45.2 Å². The molecule has 0 radical (unpaired) electrons. The number of para-hydroxylation sites is 2. The molecule has 4 nitrogen and oxygen atoms in total. The number of fused-ring (bicyclic) bond motifs is 2. The molecule has 4 heteroatoms. The van der Waals surface area contributed by atoms with Crippen molar-refractivity contribution in [2.75, 3.05) is 24.3 Å². The summed E-state index contributed by atoms with van der Waals surface area (Å²) in [6.07, 6.45) is 0. The Labute approximate surface area is 134 Å². The fourth-order valence-corrected chi connectivity index (χ4v) is 3.20. The van der Waals surface area contributed by atoms with Crippen LogP contribution in [0.4, 0.5) is 11.4 Å². The maximum atomic E-state index is 12.5. The van der Waals surface area contributed by atoms with E-state index in [4.69, 9.17) is 4.98 Å². The van der Waals surface area contributed by atoms with E-state index in [-0.39, 0.29) is 11.8 Å². The monoisotopic (exact) mass is 303 g/mol. The Morgan fingerprint density at radius 2 is 1.78 bits per heavy atom. The van der Waals surface area contributed by atoms with Crippen molar-refractivity contribution in [2.45, 2.75) is 5.92 Å². The van der Waals surface area contributed by atoms with Gasteiger partial charge in [-0.15, -0.1) is 0 Å². The molecule has 0 saturated carbocycles. The van der Waals surface area contributed by atoms with Gasteiger partial charge in [0.2, 0.25) is 5.91 Å². The lowest BCUT2D eigenvalue weighted by Crippen LogP contribution is -2.16. The minimum absolute atomic E-state index is 0.0151. The second-order valence-corrected chi connectivity index (χ2v) is 5.99. The van der Waals surface area contributed by atoms with Crippen LogP contribution in [0.2, 0.25) is 0 Å². The molecule has 1 N–H and O–H groups in total. The molecule has 1 aromatic heterocycles. The molecule has 1 unspecified atom stereocenters. The summed E-state index contributed by atoms with van der Waals surface area (Å²) in [6, 6.07) is 17.9. The summed E-state index contributed by atoms with van der Waals surface area (Å²) in [5, 5.41) is 4.04. The molecule has 1 atom stereocenters. The van der Waals surface area contributed by atoms with Gasteiger partial charge in [-0.1, -0.05) is 36.4 Å². The number of benzene rings is 2. The molecule has 3 aromatic rings. The Bertz CT molecular complexity index is 917. The summed E-state index contributed by atoms with van der Waals surface area (Å²) in [5.41, 5.74) is 4.64. The molecular weight excluding hydrogens is 286 g/mol. The standard InChI is InChI=1S/C19H17N3O/c1-22(2)17-11-16(20-14-9-5-3-7-12(14)17)18-13-8-4-6-10-15(13)21-19(18)23/h3-11,18H,1-2H3,(H,21,23). The van der Waals surface area contributed by atoms with Crippen LogP contribution in [0.15, 0.2) is 54.6 Å². The Morgan fingerprint density at radius 3 is 2.61 bits per heavy atom. The van der Waals surface area contributed by atoms with Gasteiger partial charge in [-0.25, -0.2) is 0 Å². The SMILES string of the molecule is CN(C)c1cc(C2C(=O)Nc3ccccc32)nc2ccccc12. The number of carbonyl (C=O) groups excluding carboxylic acids is 1. The quantitative estimate of drug-likeness (QED) is 0.789. The molecule has 0 bridgehead atoms. The van der Waals surface area contributed by atoms with Crippen LogP contribution in [0.25, 0.3) is 10.9 Å². The molecule has 0 fully saturated rings. The van der Waals surface area contributed by atoms with Crippen LogP contribution in [0, 0.1) is 0 Å². The Hall–Kier alpha value is -2.88. The normalized spacial score (nSPS) is 16.3. The van der Waals surface area contributed by atoms with E-state index in [9.17, 15) is 4.79 Å². The van der Waals surface area contributed by atoms with E-state index in [1.807, 2.05) is 62.6 Å². The van der Waals surface area contributed by atoms with Crippen molar-refractivity contribution >= 4 is 28.2 Å². The molecular formula is C19H17N3O. The minimum Gasteiger partial charge on any atom is -0.377 e. The number of nitrogens with one attached hydrogen (secondary N) is 1. The van der Waals surface area contributed by atoms with Crippen molar-refractivity contribution in [3.05, 3.63) is 65.9 Å². The lowest BCUT2D eigenvalue weighted by atomic mass is 9.95. The first-order chi connectivity index (χ1) is 11.1. The van der Waals surface area contributed by atoms with Crippen molar-refractivity contribution in [1.82, 2.24) is 4.98 Å². The Kier molecular flexibility index (Phi) is 3.05. The number of anilines is 2. The number of amides is 1. The van der Waals surface area contributed by atoms with Crippen molar-refractivity contribution in [3.8, 4) is 0 Å². The fourth-order valence-electron chi connectivity index (χ4n) is 3.20. The van der Waals surface area contributed by atoms with Crippen molar-refractivity contribution in [3.63, 3.8) is 0 Å². The number of carbonyl (C=O) groups is 1. The molecule has 2 aromatic carbocycles. The summed E-state index contributed by atoms with van der Waals surface area (Å²) in [4.78, 5) is 19.3. The number of nitrogens with zero attached hydrogens (tertiary/aromatic N) is 2. The number of aromatic nitrogens is 1. The predicted octanol–water partition coefficient (Wildman–Crippen LogP) is 3.38. The lowest BCUT2D eigenvalue weighted by molar-refractivity contribution is -0.116. The number of hydrogen-bond donors (Lipinski definition) is 1. The highest BCUT2D eigenvalue weighted by atomic mass is 16.2. The Morgan fingerprint density at radius 1 is 1.04 bits per heavy atom. The highest BCUT2D eigenvalue weighted by molar-refractivity contribution is 6.05. The first-order valence-electron chi connectivity index (χ1n) is 7.62. The van der Waals surface area contributed by atoms with Crippen molar-refractivity contribution in [2.24, 2.45) is 0 Å². The van der Waals surface area contributed by atoms with Crippen LogP contribution in [0.3, 0.4) is 0 Å². The lowest BCUT2D eigenvalue weighted by Gasteiger charge is -2.18. The first-order valence-corrected chi connectivity index (χ1v) is 7.62. The number of rotatable bonds is 2. The van der Waals surface area contributed by atoms with Gasteiger partial charge >= 0.3 is 0 Å². The zero-order chi connectivity index (χ0) is 16.0. The summed E-state index contributed by atoms with van der Waals surface area (Å²) in [6.45, 7) is 0. The van der Waals surface area contributed by atoms with E-state index in [0.29, 0.717) is 0 Å². The molecule has 1 aliphatic heterocycles. The summed E-state index contributed by atoms with van der Waals surface area (Å²) in [5.74, 6) is -0.367. The van der Waals surface area contributed by atoms with Crippen LogP contribution < -0.4 is 10.2 Å². The number of hydrogen-bond acceptors (Lipinski definition) is 3. The van der Waals surface area contributed by atoms with Crippen LogP contribution in [0.5, 0.6) is 0 Å². The van der Waals surface area contributed by atoms with Gasteiger partial charge in [0, 0.05) is 30.9 Å². The molecule has 2 heterocycles. The van der Waals surface area contributed by atoms with E-state index in [2.05, 4.69) is 16.3 Å². The van der Waals surface area contributed by atoms with Crippen LogP contribution >= 0.6 is 0 Å². The molecule has 114 valence electrons. The smallest absolute Gasteiger partial charge is 0.238 e. The average Bonchev–Trinajstić information content (AvgIpc) is 2.89. The van der Waals surface area contributed by atoms with Gasteiger partial charge in [-0.3, -0.25) is 9.78 Å². The van der Waals surface area contributed by atoms with Gasteiger partial charge in [0.15, 0.2) is 0 Å². The molecule has 0 saturated heterocycles. The molecule has 0 spiro atoms. The van der Waals surface area contributed by atoms with Crippen molar-refractivity contribution in [1.29, 1.82) is 0 Å². The zero-order valence-corrected chi connectivity index (χ0v) is 13.1. The van der Waals surface area contributed by atoms with Crippen LogP contribution in [-0.2, 0) is 4.79 Å². The summed E-state index contributed by atoms with van der Waals surface area (Å²) < 4.78 is 0. The van der Waals surface area contributed by atoms with E-state index in [1.165, 1.54) is 0 Å². The van der Waals surface area contributed by atoms with Gasteiger partial charge < -0.3 is 10.2 Å². The molecule has 4 rings (SSSR count). The number of pyridine rings is 1. The molecule has 23 heavy (non-hydrogen) atoms. The second-order valence-electron chi connectivity index (χ2n) is 5.99. The second kappa shape index (κ2) is 5.09. The van der Waals surface area contributed by atoms with Crippen molar-refractivity contribution < 1.29 is 4.79 Å². The Balaban J connectivity index is 1.95. The minimum atomic E-state index is -0.352. The highest BCUT2D eigenvalue weighted by Gasteiger charge is 2.33. The largest absolute Gasteiger partial charge is 0.377 e. The van der Waals surface area contributed by atoms with E-state index in [1.54, 1.807) is 0 Å². The average molecular weight is 303 g/mol. The van der Waals surface area contributed by atoms with E-state index < -0.39 is 0 Å². The molecule has 1 aliphatic rings. The third-order valence-corrected chi connectivity index (χ3v) is 4.28. The highest BCUT2D eigenvalue weighted by Crippen LogP contribution is 2.38.